The molecule has 2 nitrogen and oxygen atoms in total. The molecule has 2 rings (SSSR count). The monoisotopic (exact) mass is 318 g/mol. The first-order chi connectivity index (χ1) is 9.09. The van der Waals surface area contributed by atoms with E-state index in [-0.39, 0.29) is 5.78 Å². The van der Waals surface area contributed by atoms with Crippen LogP contribution in [0.3, 0.4) is 0 Å². The van der Waals surface area contributed by atoms with Crippen molar-refractivity contribution in [2.75, 3.05) is 0 Å². The number of hydrogen-bond acceptors (Lipinski definition) is 2. The number of aryl methyl sites for hydroxylation is 1. The number of Topliss-reactive ketones (excluding diaryl/α,β-unsaturated/α-hetero) is 1. The molecule has 0 saturated carbocycles. The molecule has 0 fully saturated rings. The molecular weight excluding hydrogens is 304 g/mol. The zero-order valence-electron chi connectivity index (χ0n) is 10.6. The first kappa shape index (κ1) is 14.0. The highest BCUT2D eigenvalue weighted by molar-refractivity contribution is 9.09. The minimum absolute atomic E-state index is 0.275. The predicted molar refractivity (Wildman–Crippen MR) is 79.6 cm³/mol. The standard InChI is InChI=1S/C16H15BrO2/c1-11-7-9-12(10-8-11)14(17)16(19)15(18)13-5-3-2-4-6-13/h2-10,14,16,19H,1H3/t14-,16+/m1/s1. The van der Waals surface area contributed by atoms with Gasteiger partial charge in [-0.2, -0.15) is 0 Å². The molecular formula is C16H15BrO2. The summed E-state index contributed by atoms with van der Waals surface area (Å²) >= 11 is 3.40. The highest BCUT2D eigenvalue weighted by Crippen LogP contribution is 2.28. The molecule has 3 heteroatoms. The Morgan fingerprint density at radius 2 is 1.63 bits per heavy atom. The minimum Gasteiger partial charge on any atom is -0.383 e. The third-order valence-electron chi connectivity index (χ3n) is 3.00. The molecule has 0 aromatic heterocycles. The van der Waals surface area contributed by atoms with Gasteiger partial charge in [0, 0.05) is 5.56 Å². The van der Waals surface area contributed by atoms with E-state index < -0.39 is 10.9 Å². The van der Waals surface area contributed by atoms with Gasteiger partial charge in [0.05, 0.1) is 4.83 Å². The number of benzene rings is 2. The Hall–Kier alpha value is -1.45. The summed E-state index contributed by atoms with van der Waals surface area (Å²) in [6.07, 6.45) is -1.09. The molecule has 19 heavy (non-hydrogen) atoms. The Morgan fingerprint density at radius 3 is 2.21 bits per heavy atom. The molecule has 0 bridgehead atoms. The van der Waals surface area contributed by atoms with E-state index in [1.54, 1.807) is 24.3 Å². The van der Waals surface area contributed by atoms with E-state index in [1.165, 1.54) is 0 Å². The van der Waals surface area contributed by atoms with Gasteiger partial charge in [-0.15, -0.1) is 0 Å². The number of aliphatic hydroxyl groups is 1. The Labute approximate surface area is 121 Å². The van der Waals surface area contributed by atoms with E-state index in [1.807, 2.05) is 37.3 Å². The van der Waals surface area contributed by atoms with Gasteiger partial charge in [0.25, 0.3) is 0 Å². The van der Waals surface area contributed by atoms with Crippen LogP contribution in [0.15, 0.2) is 54.6 Å². The van der Waals surface area contributed by atoms with Gasteiger partial charge in [0.15, 0.2) is 5.78 Å². The van der Waals surface area contributed by atoms with Gasteiger partial charge in [-0.3, -0.25) is 4.79 Å². The molecule has 0 saturated heterocycles. The molecule has 98 valence electrons. The van der Waals surface area contributed by atoms with E-state index >= 15 is 0 Å². The fourth-order valence-corrected chi connectivity index (χ4v) is 2.38. The quantitative estimate of drug-likeness (QED) is 0.689. The van der Waals surface area contributed by atoms with E-state index in [0.29, 0.717) is 5.56 Å². The van der Waals surface area contributed by atoms with Crippen molar-refractivity contribution in [1.82, 2.24) is 0 Å². The van der Waals surface area contributed by atoms with Crippen LogP contribution in [0.2, 0.25) is 0 Å². The summed E-state index contributed by atoms with van der Waals surface area (Å²) in [6.45, 7) is 2.00. The fraction of sp³-hybridized carbons (Fsp3) is 0.188. The van der Waals surface area contributed by atoms with Gasteiger partial charge in [0.1, 0.15) is 6.10 Å². The van der Waals surface area contributed by atoms with E-state index in [0.717, 1.165) is 11.1 Å². The predicted octanol–water partition coefficient (Wildman–Crippen LogP) is 3.67. The van der Waals surface area contributed by atoms with E-state index in [4.69, 9.17) is 0 Å². The molecule has 0 heterocycles. The Bertz CT molecular complexity index is 549. The molecule has 0 aliphatic rings. The number of hydrogen-bond donors (Lipinski definition) is 1. The van der Waals surface area contributed by atoms with Gasteiger partial charge >= 0.3 is 0 Å². The van der Waals surface area contributed by atoms with Crippen LogP contribution in [-0.4, -0.2) is 17.0 Å². The largest absolute Gasteiger partial charge is 0.383 e. The number of ketones is 1. The summed E-state index contributed by atoms with van der Waals surface area (Å²) in [5.41, 5.74) is 2.56. The number of carbonyl (C=O) groups is 1. The Kier molecular flexibility index (Phi) is 4.51. The summed E-state index contributed by atoms with van der Waals surface area (Å²) in [5, 5.41) is 10.2. The molecule has 0 spiro atoms. The lowest BCUT2D eigenvalue weighted by Crippen LogP contribution is -2.25. The highest BCUT2D eigenvalue weighted by Gasteiger charge is 2.25. The van der Waals surface area contributed by atoms with E-state index in [2.05, 4.69) is 15.9 Å². The summed E-state index contributed by atoms with van der Waals surface area (Å²) in [7, 11) is 0. The molecule has 0 amide bonds. The topological polar surface area (TPSA) is 37.3 Å². The van der Waals surface area contributed by atoms with Crippen LogP contribution in [0.1, 0.15) is 26.3 Å². The third kappa shape index (κ3) is 3.31. The van der Waals surface area contributed by atoms with Crippen LogP contribution >= 0.6 is 15.9 Å². The lowest BCUT2D eigenvalue weighted by Gasteiger charge is -2.17. The number of rotatable bonds is 4. The highest BCUT2D eigenvalue weighted by atomic mass is 79.9. The molecule has 0 radical (unpaired) electrons. The smallest absolute Gasteiger partial charge is 0.192 e. The average molecular weight is 319 g/mol. The maximum atomic E-state index is 12.1. The van der Waals surface area contributed by atoms with Gasteiger partial charge < -0.3 is 5.11 Å². The van der Waals surface area contributed by atoms with Crippen molar-refractivity contribution in [3.05, 3.63) is 71.3 Å². The van der Waals surface area contributed by atoms with Crippen molar-refractivity contribution in [2.45, 2.75) is 17.9 Å². The maximum absolute atomic E-state index is 12.1. The second-order valence-corrected chi connectivity index (χ2v) is 5.47. The summed E-state index contributed by atoms with van der Waals surface area (Å²) < 4.78 is 0. The van der Waals surface area contributed by atoms with Crippen LogP contribution < -0.4 is 0 Å². The van der Waals surface area contributed by atoms with Crippen molar-refractivity contribution < 1.29 is 9.90 Å². The first-order valence-electron chi connectivity index (χ1n) is 6.07. The average Bonchev–Trinajstić information content (AvgIpc) is 2.46. The maximum Gasteiger partial charge on any atom is 0.192 e. The zero-order valence-corrected chi connectivity index (χ0v) is 12.2. The second-order valence-electron chi connectivity index (χ2n) is 4.49. The van der Waals surface area contributed by atoms with Crippen molar-refractivity contribution in [1.29, 1.82) is 0 Å². The SMILES string of the molecule is Cc1ccc([C@@H](Br)[C@H](O)C(=O)c2ccccc2)cc1. The molecule has 2 atom stereocenters. The molecule has 2 aromatic rings. The van der Waals surface area contributed by atoms with Crippen LogP contribution in [0, 0.1) is 6.92 Å². The van der Waals surface area contributed by atoms with Crippen LogP contribution in [0.4, 0.5) is 0 Å². The first-order valence-corrected chi connectivity index (χ1v) is 6.99. The molecule has 1 N–H and O–H groups in total. The molecule has 0 unspecified atom stereocenters. The third-order valence-corrected chi connectivity index (χ3v) is 4.03. The zero-order chi connectivity index (χ0) is 13.8. The number of halogens is 1. The van der Waals surface area contributed by atoms with Gasteiger partial charge in [0.2, 0.25) is 0 Å². The summed E-state index contributed by atoms with van der Waals surface area (Å²) in [4.78, 5) is 11.7. The normalized spacial score (nSPS) is 13.8. The Morgan fingerprint density at radius 1 is 1.05 bits per heavy atom. The lowest BCUT2D eigenvalue weighted by molar-refractivity contribution is 0.0746. The van der Waals surface area contributed by atoms with E-state index in [9.17, 15) is 9.90 Å². The van der Waals surface area contributed by atoms with Crippen LogP contribution in [0.5, 0.6) is 0 Å². The summed E-state index contributed by atoms with van der Waals surface area (Å²) in [6, 6.07) is 16.6. The Balaban J connectivity index is 2.17. The molecule has 0 aliphatic heterocycles. The van der Waals surface area contributed by atoms with Gasteiger partial charge in [-0.05, 0) is 12.5 Å². The van der Waals surface area contributed by atoms with Crippen molar-refractivity contribution in [3.63, 3.8) is 0 Å². The van der Waals surface area contributed by atoms with Gasteiger partial charge in [-0.25, -0.2) is 0 Å². The second kappa shape index (κ2) is 6.13. The number of carbonyl (C=O) groups excluding carboxylic acids is 1. The molecule has 2 aromatic carbocycles. The fourth-order valence-electron chi connectivity index (χ4n) is 1.84. The van der Waals surface area contributed by atoms with Crippen LogP contribution in [0.25, 0.3) is 0 Å². The van der Waals surface area contributed by atoms with Crippen molar-refractivity contribution >= 4 is 21.7 Å². The lowest BCUT2D eigenvalue weighted by atomic mass is 9.99. The number of alkyl halides is 1. The minimum atomic E-state index is -1.09. The van der Waals surface area contributed by atoms with Gasteiger partial charge in [-0.1, -0.05) is 76.1 Å². The molecule has 0 aliphatic carbocycles. The van der Waals surface area contributed by atoms with Crippen LogP contribution in [-0.2, 0) is 0 Å². The van der Waals surface area contributed by atoms with Crippen molar-refractivity contribution in [2.24, 2.45) is 0 Å². The summed E-state index contributed by atoms with van der Waals surface area (Å²) in [5.74, 6) is -0.275. The number of aliphatic hydroxyl groups excluding tert-OH is 1. The van der Waals surface area contributed by atoms with Crippen molar-refractivity contribution in [3.8, 4) is 0 Å².